The van der Waals surface area contributed by atoms with E-state index in [-0.39, 0.29) is 0 Å². The Morgan fingerprint density at radius 1 is 0.826 bits per heavy atom. The van der Waals surface area contributed by atoms with Crippen molar-refractivity contribution in [3.63, 3.8) is 0 Å². The second-order valence-electron chi connectivity index (χ2n) is 7.35. The lowest BCUT2D eigenvalue weighted by Crippen LogP contribution is -2.16. The molecule has 0 N–H and O–H groups in total. The van der Waals surface area contributed by atoms with Crippen LogP contribution in [0.25, 0.3) is 0 Å². The van der Waals surface area contributed by atoms with Crippen LogP contribution in [0.2, 0.25) is 19.6 Å². The predicted molar refractivity (Wildman–Crippen MR) is 105 cm³/mol. The van der Waals surface area contributed by atoms with Gasteiger partial charge in [-0.1, -0.05) is 77.4 Å². The summed E-state index contributed by atoms with van der Waals surface area (Å²) in [6, 6.07) is 8.21. The molecule has 23 heavy (non-hydrogen) atoms. The fraction of sp³-hybridized carbons (Fsp3) is 0.619. The summed E-state index contributed by atoms with van der Waals surface area (Å²) in [4.78, 5) is 0. The second-order valence-corrected chi connectivity index (χ2v) is 12.1. The number of unbranched alkanes of at least 4 members (excludes halogenated alkanes) is 7. The van der Waals surface area contributed by atoms with E-state index in [2.05, 4.69) is 50.2 Å². The molecule has 0 aliphatic heterocycles. The van der Waals surface area contributed by atoms with E-state index in [9.17, 15) is 0 Å². The lowest BCUT2D eigenvalue weighted by molar-refractivity contribution is 0.304. The molecule has 0 radical (unpaired) electrons. The maximum Gasteiger partial charge on any atom is 0.129 e. The Labute approximate surface area is 144 Å². The molecule has 0 atom stereocenters. The highest BCUT2D eigenvalue weighted by Gasteiger charge is 2.07. The first-order valence-corrected chi connectivity index (χ1v) is 12.8. The molecule has 0 fully saturated rings. The van der Waals surface area contributed by atoms with Gasteiger partial charge >= 0.3 is 0 Å². The molecule has 0 spiro atoms. The maximum absolute atomic E-state index is 5.81. The van der Waals surface area contributed by atoms with Gasteiger partial charge in [0.15, 0.2) is 0 Å². The highest BCUT2D eigenvalue weighted by molar-refractivity contribution is 6.83. The lowest BCUT2D eigenvalue weighted by Gasteiger charge is -2.06. The minimum absolute atomic E-state index is 0.828. The van der Waals surface area contributed by atoms with Gasteiger partial charge in [0, 0.05) is 5.56 Å². The van der Waals surface area contributed by atoms with E-state index in [0.717, 1.165) is 24.3 Å². The SMILES string of the molecule is CCCCCCCCCCOc1ccc(C#C[Si](C)(C)C)cc1. The molecule has 0 amide bonds. The first-order valence-electron chi connectivity index (χ1n) is 9.27. The molecule has 0 bridgehead atoms. The summed E-state index contributed by atoms with van der Waals surface area (Å²) in [7, 11) is -1.29. The fourth-order valence-corrected chi connectivity index (χ4v) is 2.84. The summed E-state index contributed by atoms with van der Waals surface area (Å²) in [5.41, 5.74) is 4.48. The van der Waals surface area contributed by atoms with E-state index in [1.54, 1.807) is 0 Å². The van der Waals surface area contributed by atoms with Crippen LogP contribution in [0.5, 0.6) is 5.75 Å². The third kappa shape index (κ3) is 11.0. The summed E-state index contributed by atoms with van der Waals surface area (Å²) in [6.45, 7) is 9.89. The van der Waals surface area contributed by atoms with E-state index < -0.39 is 8.07 Å². The van der Waals surface area contributed by atoms with Crippen LogP contribution in [0, 0.1) is 11.5 Å². The van der Waals surface area contributed by atoms with E-state index in [1.165, 1.54) is 44.9 Å². The van der Waals surface area contributed by atoms with Gasteiger partial charge in [0.2, 0.25) is 0 Å². The first-order chi connectivity index (χ1) is 11.0. The van der Waals surface area contributed by atoms with Gasteiger partial charge in [0.05, 0.1) is 6.61 Å². The molecule has 0 aromatic heterocycles. The average Bonchev–Trinajstić information content (AvgIpc) is 2.52. The highest BCUT2D eigenvalue weighted by atomic mass is 28.3. The summed E-state index contributed by atoms with van der Waals surface area (Å²) >= 11 is 0. The van der Waals surface area contributed by atoms with Crippen LogP contribution >= 0.6 is 0 Å². The zero-order valence-electron chi connectivity index (χ0n) is 15.6. The van der Waals surface area contributed by atoms with Crippen LogP contribution < -0.4 is 4.74 Å². The topological polar surface area (TPSA) is 9.23 Å². The third-order valence-corrected chi connectivity index (χ3v) is 4.58. The molecular formula is C21H34OSi. The van der Waals surface area contributed by atoms with E-state index in [0.29, 0.717) is 0 Å². The third-order valence-electron chi connectivity index (χ3n) is 3.70. The van der Waals surface area contributed by atoms with Crippen LogP contribution in [-0.2, 0) is 0 Å². The summed E-state index contributed by atoms with van der Waals surface area (Å²) < 4.78 is 5.81. The molecule has 0 aliphatic carbocycles. The Bertz CT molecular complexity index is 473. The molecule has 0 saturated carbocycles. The Hall–Kier alpha value is -1.20. The fourth-order valence-electron chi connectivity index (χ4n) is 2.32. The number of hydrogen-bond acceptors (Lipinski definition) is 1. The first kappa shape index (κ1) is 19.8. The molecular weight excluding hydrogens is 296 g/mol. The molecule has 0 unspecified atom stereocenters. The van der Waals surface area contributed by atoms with Crippen LogP contribution in [0.4, 0.5) is 0 Å². The Kier molecular flexibility index (Phi) is 9.79. The number of benzene rings is 1. The summed E-state index contributed by atoms with van der Waals surface area (Å²) in [5, 5.41) is 0. The van der Waals surface area contributed by atoms with Crippen molar-refractivity contribution in [1.29, 1.82) is 0 Å². The Morgan fingerprint density at radius 3 is 1.96 bits per heavy atom. The average molecular weight is 331 g/mol. The Morgan fingerprint density at radius 2 is 1.39 bits per heavy atom. The van der Waals surface area contributed by atoms with E-state index in [1.807, 2.05) is 12.1 Å². The number of hydrogen-bond donors (Lipinski definition) is 0. The molecule has 0 aliphatic rings. The van der Waals surface area contributed by atoms with Gasteiger partial charge in [0.1, 0.15) is 13.8 Å². The summed E-state index contributed by atoms with van der Waals surface area (Å²) in [5.74, 6) is 4.24. The van der Waals surface area contributed by atoms with Gasteiger partial charge < -0.3 is 4.74 Å². The van der Waals surface area contributed by atoms with Crippen molar-refractivity contribution in [2.75, 3.05) is 6.61 Å². The minimum Gasteiger partial charge on any atom is -0.494 e. The van der Waals surface area contributed by atoms with Gasteiger partial charge in [-0.3, -0.25) is 0 Å². The normalized spacial score (nSPS) is 11.0. The standard InChI is InChI=1S/C21H34OSi/c1-5-6-7-8-9-10-11-12-18-22-21-15-13-20(14-16-21)17-19-23(2,3)4/h13-16H,5-12,18H2,1-4H3. The molecule has 0 heterocycles. The van der Waals surface area contributed by atoms with Crippen molar-refractivity contribution in [1.82, 2.24) is 0 Å². The maximum atomic E-state index is 5.81. The van der Waals surface area contributed by atoms with Crippen LogP contribution in [0.1, 0.15) is 63.9 Å². The van der Waals surface area contributed by atoms with Crippen molar-refractivity contribution < 1.29 is 4.74 Å². The van der Waals surface area contributed by atoms with Gasteiger partial charge in [-0.05, 0) is 30.7 Å². The lowest BCUT2D eigenvalue weighted by atomic mass is 10.1. The van der Waals surface area contributed by atoms with Crippen LogP contribution in [-0.4, -0.2) is 14.7 Å². The molecule has 1 aromatic rings. The van der Waals surface area contributed by atoms with Crippen molar-refractivity contribution in [3.05, 3.63) is 29.8 Å². The second kappa shape index (κ2) is 11.4. The summed E-state index contributed by atoms with van der Waals surface area (Å²) in [6.07, 6.45) is 10.7. The number of rotatable bonds is 10. The largest absolute Gasteiger partial charge is 0.494 e. The van der Waals surface area contributed by atoms with Crippen LogP contribution in [0.3, 0.4) is 0 Å². The minimum atomic E-state index is -1.29. The zero-order valence-corrected chi connectivity index (χ0v) is 16.6. The van der Waals surface area contributed by atoms with Crippen molar-refractivity contribution in [2.45, 2.75) is 77.9 Å². The molecule has 1 aromatic carbocycles. The highest BCUT2D eigenvalue weighted by Crippen LogP contribution is 2.13. The van der Waals surface area contributed by atoms with Crippen molar-refractivity contribution in [2.24, 2.45) is 0 Å². The molecule has 1 nitrogen and oxygen atoms in total. The van der Waals surface area contributed by atoms with Crippen molar-refractivity contribution >= 4 is 8.07 Å². The number of ether oxygens (including phenoxy) is 1. The molecule has 2 heteroatoms. The van der Waals surface area contributed by atoms with Gasteiger partial charge in [-0.2, -0.15) is 0 Å². The van der Waals surface area contributed by atoms with Crippen LogP contribution in [0.15, 0.2) is 24.3 Å². The smallest absolute Gasteiger partial charge is 0.129 e. The van der Waals surface area contributed by atoms with Gasteiger partial charge in [0.25, 0.3) is 0 Å². The van der Waals surface area contributed by atoms with E-state index in [4.69, 9.17) is 4.74 Å². The van der Waals surface area contributed by atoms with Gasteiger partial charge in [-0.25, -0.2) is 0 Å². The quantitative estimate of drug-likeness (QED) is 0.273. The van der Waals surface area contributed by atoms with E-state index >= 15 is 0 Å². The molecule has 0 saturated heterocycles. The molecule has 128 valence electrons. The monoisotopic (exact) mass is 330 g/mol. The molecule has 1 rings (SSSR count). The zero-order chi connectivity index (χ0) is 17.0. The predicted octanol–water partition coefficient (Wildman–Crippen LogP) is 6.44. The van der Waals surface area contributed by atoms with Gasteiger partial charge in [-0.15, -0.1) is 5.54 Å². The Balaban J connectivity index is 2.15. The van der Waals surface area contributed by atoms with Crippen molar-refractivity contribution in [3.8, 4) is 17.2 Å².